The molecular weight excluding hydrogens is 368 g/mol. The second-order valence-electron chi connectivity index (χ2n) is 7.29. The number of furan rings is 1. The maximum absolute atomic E-state index is 11.4. The average Bonchev–Trinajstić information content (AvgIpc) is 3.14. The Labute approximate surface area is 168 Å². The molecule has 6 heteroatoms. The Morgan fingerprint density at radius 3 is 2.59 bits per heavy atom. The Morgan fingerprint density at radius 2 is 1.90 bits per heavy atom. The topological polar surface area (TPSA) is 75.8 Å². The maximum atomic E-state index is 11.4. The summed E-state index contributed by atoms with van der Waals surface area (Å²) in [7, 11) is 3.62. The zero-order valence-electron chi connectivity index (χ0n) is 16.8. The molecule has 1 N–H and O–H groups in total. The minimum absolute atomic E-state index is 0.222. The van der Waals surface area contributed by atoms with E-state index in [-0.39, 0.29) is 11.6 Å². The number of methoxy groups -OCH3 is 1. The van der Waals surface area contributed by atoms with Gasteiger partial charge >= 0.3 is 5.97 Å². The number of hydrogen-bond acceptors (Lipinski definition) is 5. The molecule has 0 aliphatic rings. The van der Waals surface area contributed by atoms with E-state index in [1.165, 1.54) is 0 Å². The Bertz CT molecular complexity index is 1230. The van der Waals surface area contributed by atoms with Crippen LogP contribution < -0.4 is 9.64 Å². The zero-order chi connectivity index (χ0) is 20.7. The quantitative estimate of drug-likeness (QED) is 0.505. The van der Waals surface area contributed by atoms with E-state index in [1.54, 1.807) is 25.3 Å². The smallest absolute Gasteiger partial charge is 0.335 e. The van der Waals surface area contributed by atoms with Gasteiger partial charge < -0.3 is 19.2 Å². The van der Waals surface area contributed by atoms with E-state index in [0.717, 1.165) is 27.8 Å². The lowest BCUT2D eigenvalue weighted by Gasteiger charge is -2.25. The number of ether oxygens (including phenoxy) is 1. The van der Waals surface area contributed by atoms with Crippen molar-refractivity contribution in [3.8, 4) is 17.2 Å². The highest BCUT2D eigenvalue weighted by Crippen LogP contribution is 2.36. The van der Waals surface area contributed by atoms with Crippen LogP contribution in [0, 0.1) is 0 Å². The van der Waals surface area contributed by atoms with Crippen molar-refractivity contribution in [2.24, 2.45) is 0 Å². The molecule has 0 radical (unpaired) electrons. The molecule has 0 bridgehead atoms. The van der Waals surface area contributed by atoms with E-state index in [9.17, 15) is 9.90 Å². The van der Waals surface area contributed by atoms with Gasteiger partial charge in [0.05, 0.1) is 23.9 Å². The van der Waals surface area contributed by atoms with Gasteiger partial charge in [-0.15, -0.1) is 0 Å². The number of hydrogen-bond donors (Lipinski definition) is 1. The molecule has 0 unspecified atom stereocenters. The van der Waals surface area contributed by atoms with Crippen LogP contribution in [0.4, 0.5) is 5.69 Å². The molecule has 0 amide bonds. The van der Waals surface area contributed by atoms with Crippen LogP contribution in [0.2, 0.25) is 0 Å². The highest BCUT2D eigenvalue weighted by molar-refractivity contribution is 5.96. The van der Waals surface area contributed by atoms with Gasteiger partial charge in [-0.3, -0.25) is 0 Å². The van der Waals surface area contributed by atoms with Crippen LogP contribution in [0.1, 0.15) is 24.2 Å². The second-order valence-corrected chi connectivity index (χ2v) is 7.29. The fourth-order valence-corrected chi connectivity index (χ4v) is 3.29. The second kappa shape index (κ2) is 7.13. The van der Waals surface area contributed by atoms with Gasteiger partial charge in [-0.1, -0.05) is 0 Å². The Hall–Kier alpha value is -3.54. The normalized spacial score (nSPS) is 11.3. The number of carbonyl (C=O) groups is 1. The summed E-state index contributed by atoms with van der Waals surface area (Å²) in [5.74, 6) is 0.456. The van der Waals surface area contributed by atoms with Crippen LogP contribution in [-0.4, -0.2) is 36.3 Å². The Morgan fingerprint density at radius 1 is 1.10 bits per heavy atom. The first-order valence-electron chi connectivity index (χ1n) is 9.36. The van der Waals surface area contributed by atoms with Gasteiger partial charge in [0.1, 0.15) is 17.0 Å². The van der Waals surface area contributed by atoms with Gasteiger partial charge in [0.25, 0.3) is 0 Å². The van der Waals surface area contributed by atoms with Gasteiger partial charge in [0.2, 0.25) is 0 Å². The van der Waals surface area contributed by atoms with Gasteiger partial charge in [-0.25, -0.2) is 9.78 Å². The summed E-state index contributed by atoms with van der Waals surface area (Å²) in [4.78, 5) is 18.3. The Kier molecular flexibility index (Phi) is 4.62. The number of aromatic nitrogens is 1. The number of pyridine rings is 1. The summed E-state index contributed by atoms with van der Waals surface area (Å²) >= 11 is 0. The van der Waals surface area contributed by atoms with Crippen LogP contribution in [-0.2, 0) is 0 Å². The summed E-state index contributed by atoms with van der Waals surface area (Å²) in [6.07, 6.45) is 0. The van der Waals surface area contributed by atoms with E-state index in [4.69, 9.17) is 14.1 Å². The number of carboxylic acid groups (broad SMARTS) is 1. The van der Waals surface area contributed by atoms with Crippen molar-refractivity contribution in [3.63, 3.8) is 0 Å². The number of rotatable bonds is 5. The summed E-state index contributed by atoms with van der Waals surface area (Å²) in [6, 6.07) is 14.8. The zero-order valence-corrected chi connectivity index (χ0v) is 16.8. The van der Waals surface area contributed by atoms with E-state index in [1.807, 2.05) is 37.4 Å². The maximum Gasteiger partial charge on any atom is 0.335 e. The lowest BCUT2D eigenvalue weighted by atomic mass is 10.1. The van der Waals surface area contributed by atoms with Crippen molar-refractivity contribution in [2.75, 3.05) is 19.1 Å². The first-order valence-corrected chi connectivity index (χ1v) is 9.36. The van der Waals surface area contributed by atoms with Crippen LogP contribution in [0.15, 0.2) is 52.9 Å². The molecule has 2 aromatic carbocycles. The third kappa shape index (κ3) is 3.38. The number of anilines is 1. The minimum atomic E-state index is -0.957. The number of fused-ring (bicyclic) bond motifs is 2. The summed E-state index contributed by atoms with van der Waals surface area (Å²) in [5, 5.41) is 11.0. The summed E-state index contributed by atoms with van der Waals surface area (Å²) in [5.41, 5.74) is 3.29. The standard InChI is InChI=1S/C23H22N2O4/c1-13(2)25(3)19-11-15-9-14(23(26)27)5-7-18(15)24-22(19)21-12-16-10-17(28-4)6-8-20(16)29-21/h5-13H,1-4H3,(H,26,27). The van der Waals surface area contributed by atoms with Gasteiger partial charge in [-0.2, -0.15) is 0 Å². The van der Waals surface area contributed by atoms with Crippen molar-refractivity contribution >= 4 is 33.5 Å². The lowest BCUT2D eigenvalue weighted by molar-refractivity contribution is 0.0697. The molecule has 29 heavy (non-hydrogen) atoms. The lowest BCUT2D eigenvalue weighted by Crippen LogP contribution is -2.26. The summed E-state index contributed by atoms with van der Waals surface area (Å²) < 4.78 is 11.4. The molecule has 2 aromatic heterocycles. The summed E-state index contributed by atoms with van der Waals surface area (Å²) in [6.45, 7) is 4.18. The van der Waals surface area contributed by atoms with Gasteiger partial charge in [0.15, 0.2) is 5.76 Å². The number of aromatic carboxylic acids is 1. The molecule has 148 valence electrons. The number of nitrogens with zero attached hydrogens (tertiary/aromatic N) is 2. The molecule has 0 atom stereocenters. The van der Waals surface area contributed by atoms with Crippen molar-refractivity contribution in [2.45, 2.75) is 19.9 Å². The molecule has 2 heterocycles. The largest absolute Gasteiger partial charge is 0.497 e. The number of benzene rings is 2. The monoisotopic (exact) mass is 390 g/mol. The fraction of sp³-hybridized carbons (Fsp3) is 0.217. The average molecular weight is 390 g/mol. The highest BCUT2D eigenvalue weighted by Gasteiger charge is 2.19. The van der Waals surface area contributed by atoms with Gasteiger partial charge in [-0.05, 0) is 62.4 Å². The first-order chi connectivity index (χ1) is 13.9. The molecule has 4 aromatic rings. The van der Waals surface area contributed by atoms with Crippen molar-refractivity contribution in [3.05, 3.63) is 54.1 Å². The predicted octanol–water partition coefficient (Wildman–Crippen LogP) is 5.20. The molecule has 0 spiro atoms. The minimum Gasteiger partial charge on any atom is -0.497 e. The Balaban J connectivity index is 1.95. The molecule has 4 rings (SSSR count). The van der Waals surface area contributed by atoms with Crippen LogP contribution in [0.5, 0.6) is 5.75 Å². The highest BCUT2D eigenvalue weighted by atomic mass is 16.5. The van der Waals surface area contributed by atoms with Crippen molar-refractivity contribution in [1.82, 2.24) is 4.98 Å². The van der Waals surface area contributed by atoms with E-state index in [0.29, 0.717) is 17.0 Å². The molecule has 0 aliphatic carbocycles. The van der Waals surface area contributed by atoms with Crippen molar-refractivity contribution in [1.29, 1.82) is 0 Å². The third-order valence-electron chi connectivity index (χ3n) is 5.15. The molecule has 0 saturated carbocycles. The fourth-order valence-electron chi connectivity index (χ4n) is 3.29. The molecular formula is C23H22N2O4. The molecule has 0 aliphatic heterocycles. The number of carboxylic acids is 1. The molecule has 0 saturated heterocycles. The first kappa shape index (κ1) is 18.8. The SMILES string of the molecule is COc1ccc2oc(-c3nc4ccc(C(=O)O)cc4cc3N(C)C(C)C)cc2c1. The predicted molar refractivity (Wildman–Crippen MR) is 114 cm³/mol. The third-order valence-corrected chi connectivity index (χ3v) is 5.15. The van der Waals surface area contributed by atoms with E-state index in [2.05, 4.69) is 18.7 Å². The van der Waals surface area contributed by atoms with E-state index < -0.39 is 5.97 Å². The molecule has 6 nitrogen and oxygen atoms in total. The van der Waals surface area contributed by atoms with E-state index >= 15 is 0 Å². The van der Waals surface area contributed by atoms with Crippen LogP contribution >= 0.6 is 0 Å². The van der Waals surface area contributed by atoms with Gasteiger partial charge in [0, 0.05) is 23.9 Å². The molecule has 0 fully saturated rings. The van der Waals surface area contributed by atoms with Crippen LogP contribution in [0.3, 0.4) is 0 Å². The van der Waals surface area contributed by atoms with Crippen molar-refractivity contribution < 1.29 is 19.1 Å². The van der Waals surface area contributed by atoms with Crippen LogP contribution in [0.25, 0.3) is 33.3 Å².